The molecule has 2 heterocycles. The molecule has 0 unspecified atom stereocenters. The smallest absolute Gasteiger partial charge is 0.141 e. The second-order valence-electron chi connectivity index (χ2n) is 12.0. The molecule has 0 fully saturated rings. The zero-order valence-corrected chi connectivity index (χ0v) is 25.7. The van der Waals surface area contributed by atoms with Crippen molar-refractivity contribution in [2.45, 2.75) is 5.41 Å². The van der Waals surface area contributed by atoms with Crippen molar-refractivity contribution in [2.24, 2.45) is 0 Å². The summed E-state index contributed by atoms with van der Waals surface area (Å²) in [6, 6.07) is 59.2. The first-order valence-electron chi connectivity index (χ1n) is 15.7. The lowest BCUT2D eigenvalue weighted by atomic mass is 9.66. The van der Waals surface area contributed by atoms with Crippen LogP contribution in [0.3, 0.4) is 0 Å². The third-order valence-corrected chi connectivity index (χ3v) is 10.9. The van der Waals surface area contributed by atoms with Crippen LogP contribution in [0.15, 0.2) is 164 Å². The summed E-state index contributed by atoms with van der Waals surface area (Å²) in [4.78, 5) is 2.33. The average Bonchev–Trinajstić information content (AvgIpc) is 3.64. The number of anilines is 3. The summed E-state index contributed by atoms with van der Waals surface area (Å²) in [5, 5.41) is 2.39. The van der Waals surface area contributed by atoms with Crippen molar-refractivity contribution in [3.63, 3.8) is 0 Å². The first-order valence-corrected chi connectivity index (χ1v) is 16.5. The number of nitrogens with zero attached hydrogens (tertiary/aromatic N) is 1. The van der Waals surface area contributed by atoms with Crippen molar-refractivity contribution >= 4 is 48.6 Å². The molecule has 0 bridgehead atoms. The molecule has 1 aliphatic carbocycles. The number of benzene rings is 7. The van der Waals surface area contributed by atoms with Gasteiger partial charge in [0.25, 0.3) is 0 Å². The van der Waals surface area contributed by atoms with E-state index in [9.17, 15) is 0 Å². The van der Waals surface area contributed by atoms with Gasteiger partial charge in [-0.3, -0.25) is 0 Å². The van der Waals surface area contributed by atoms with Gasteiger partial charge in [-0.2, -0.15) is 0 Å². The Hall–Kier alpha value is -5.64. The first kappa shape index (κ1) is 25.7. The summed E-state index contributed by atoms with van der Waals surface area (Å²) in [6.07, 6.45) is 0. The third kappa shape index (κ3) is 3.41. The molecule has 10 rings (SSSR count). The zero-order valence-electron chi connectivity index (χ0n) is 24.9. The molecule has 2 aliphatic rings. The Balaban J connectivity index is 1.29. The third-order valence-electron chi connectivity index (χ3n) is 9.72. The SMILES string of the molecule is c1ccc(N(c2ccccc2)c2ccc3sc4ccc5c(c4c3c2)Oc2ccccc2C52c3ccccc3-c3ccccc32)cc1. The van der Waals surface area contributed by atoms with Crippen LogP contribution in [0.4, 0.5) is 17.1 Å². The fourth-order valence-electron chi connectivity index (χ4n) is 7.90. The zero-order chi connectivity index (χ0) is 30.2. The summed E-state index contributed by atoms with van der Waals surface area (Å²) >= 11 is 1.83. The number of fused-ring (bicyclic) bond motifs is 13. The Kier molecular flexibility index (Phi) is 5.40. The van der Waals surface area contributed by atoms with Gasteiger partial charge in [0, 0.05) is 48.4 Å². The lowest BCUT2D eigenvalue weighted by molar-refractivity contribution is 0.442. The summed E-state index contributed by atoms with van der Waals surface area (Å²) in [7, 11) is 0. The van der Waals surface area contributed by atoms with Crippen LogP contribution >= 0.6 is 11.3 Å². The number of hydrogen-bond donors (Lipinski definition) is 0. The van der Waals surface area contributed by atoms with Crippen molar-refractivity contribution in [2.75, 3.05) is 4.90 Å². The van der Waals surface area contributed by atoms with Crippen LogP contribution in [0.5, 0.6) is 11.5 Å². The van der Waals surface area contributed by atoms with Crippen LogP contribution in [-0.2, 0) is 5.41 Å². The van der Waals surface area contributed by atoms with E-state index in [1.54, 1.807) is 0 Å². The molecule has 8 aromatic rings. The lowest BCUT2D eigenvalue weighted by Gasteiger charge is -2.39. The maximum absolute atomic E-state index is 7.04. The van der Waals surface area contributed by atoms with Crippen molar-refractivity contribution in [3.05, 3.63) is 186 Å². The molecule has 7 aromatic carbocycles. The van der Waals surface area contributed by atoms with E-state index in [4.69, 9.17) is 4.74 Å². The molecule has 3 heteroatoms. The van der Waals surface area contributed by atoms with Gasteiger partial charge in [-0.1, -0.05) is 109 Å². The highest BCUT2D eigenvalue weighted by atomic mass is 32.1. The van der Waals surface area contributed by atoms with Gasteiger partial charge >= 0.3 is 0 Å². The highest BCUT2D eigenvalue weighted by molar-refractivity contribution is 7.25. The van der Waals surface area contributed by atoms with E-state index in [1.807, 2.05) is 11.3 Å². The molecule has 0 saturated carbocycles. The molecule has 216 valence electrons. The number of para-hydroxylation sites is 3. The summed E-state index contributed by atoms with van der Waals surface area (Å²) in [6.45, 7) is 0. The summed E-state index contributed by atoms with van der Waals surface area (Å²) in [5.41, 5.74) is 10.5. The van der Waals surface area contributed by atoms with Gasteiger partial charge in [-0.05, 0) is 76.9 Å². The van der Waals surface area contributed by atoms with Crippen LogP contribution in [-0.4, -0.2) is 0 Å². The van der Waals surface area contributed by atoms with E-state index in [-0.39, 0.29) is 0 Å². The fourth-order valence-corrected chi connectivity index (χ4v) is 8.99. The van der Waals surface area contributed by atoms with E-state index in [0.29, 0.717) is 0 Å². The van der Waals surface area contributed by atoms with E-state index >= 15 is 0 Å². The predicted molar refractivity (Wildman–Crippen MR) is 191 cm³/mol. The molecule has 0 atom stereocenters. The highest BCUT2D eigenvalue weighted by Crippen LogP contribution is 2.63. The Morgan fingerprint density at radius 1 is 0.457 bits per heavy atom. The van der Waals surface area contributed by atoms with Crippen LogP contribution < -0.4 is 9.64 Å². The van der Waals surface area contributed by atoms with Gasteiger partial charge in [-0.25, -0.2) is 0 Å². The molecule has 1 spiro atoms. The van der Waals surface area contributed by atoms with Crippen LogP contribution in [0.2, 0.25) is 0 Å². The van der Waals surface area contributed by atoms with Crippen molar-refractivity contribution in [1.29, 1.82) is 0 Å². The predicted octanol–water partition coefficient (Wildman–Crippen LogP) is 12.0. The lowest BCUT2D eigenvalue weighted by Crippen LogP contribution is -2.32. The standard InChI is InChI=1S/C43H27NOS/c1-3-13-28(14-4-1)44(29-15-5-2-6-16-29)30-23-25-39-33(27-30)41-40(46-39)26-24-37-42(41)45-38-22-12-11-21-36(38)43(37)34-19-9-7-17-31(34)32-18-8-10-20-35(32)43/h1-27H. The Morgan fingerprint density at radius 3 is 1.70 bits per heavy atom. The molecule has 0 amide bonds. The van der Waals surface area contributed by atoms with Crippen molar-refractivity contribution in [3.8, 4) is 22.6 Å². The summed E-state index contributed by atoms with van der Waals surface area (Å²) in [5.74, 6) is 1.87. The number of hydrogen-bond acceptors (Lipinski definition) is 3. The average molecular weight is 606 g/mol. The molecular weight excluding hydrogens is 579 g/mol. The van der Waals surface area contributed by atoms with Crippen LogP contribution in [0.1, 0.15) is 22.3 Å². The van der Waals surface area contributed by atoms with Crippen LogP contribution in [0.25, 0.3) is 31.3 Å². The second-order valence-corrected chi connectivity index (χ2v) is 13.1. The fraction of sp³-hybridized carbons (Fsp3) is 0.0233. The quantitative estimate of drug-likeness (QED) is 0.199. The van der Waals surface area contributed by atoms with E-state index < -0.39 is 5.41 Å². The molecule has 1 aromatic heterocycles. The number of ether oxygens (including phenoxy) is 1. The Morgan fingerprint density at radius 2 is 1.02 bits per heavy atom. The minimum atomic E-state index is -0.475. The minimum absolute atomic E-state index is 0.475. The topological polar surface area (TPSA) is 12.5 Å². The maximum Gasteiger partial charge on any atom is 0.141 e. The molecule has 0 N–H and O–H groups in total. The van der Waals surface area contributed by atoms with Gasteiger partial charge in [-0.15, -0.1) is 11.3 Å². The summed E-state index contributed by atoms with van der Waals surface area (Å²) < 4.78 is 9.51. The number of thiophene rings is 1. The molecular formula is C43H27NOS. The van der Waals surface area contributed by atoms with Crippen LogP contribution in [0, 0.1) is 0 Å². The molecule has 2 nitrogen and oxygen atoms in total. The van der Waals surface area contributed by atoms with Gasteiger partial charge in [0.2, 0.25) is 0 Å². The monoisotopic (exact) mass is 605 g/mol. The van der Waals surface area contributed by atoms with Gasteiger partial charge < -0.3 is 9.64 Å². The minimum Gasteiger partial charge on any atom is -0.456 e. The van der Waals surface area contributed by atoms with E-state index in [1.165, 1.54) is 53.6 Å². The molecule has 1 aliphatic heterocycles. The largest absolute Gasteiger partial charge is 0.456 e. The maximum atomic E-state index is 7.04. The van der Waals surface area contributed by atoms with E-state index in [2.05, 4.69) is 169 Å². The highest BCUT2D eigenvalue weighted by Gasteiger charge is 2.51. The molecule has 0 saturated heterocycles. The van der Waals surface area contributed by atoms with Crippen molar-refractivity contribution < 1.29 is 4.74 Å². The first-order chi connectivity index (χ1) is 22.8. The normalized spacial score (nSPS) is 13.6. The molecule has 0 radical (unpaired) electrons. The molecule has 46 heavy (non-hydrogen) atoms. The second kappa shape index (κ2) is 9.68. The number of rotatable bonds is 3. The Bertz CT molecular complexity index is 2380. The van der Waals surface area contributed by atoms with Gasteiger partial charge in [0.1, 0.15) is 11.5 Å². The Labute approximate surface area is 271 Å². The van der Waals surface area contributed by atoms with Gasteiger partial charge in [0.05, 0.1) is 5.41 Å². The van der Waals surface area contributed by atoms with Gasteiger partial charge in [0.15, 0.2) is 0 Å². The van der Waals surface area contributed by atoms with E-state index in [0.717, 1.165) is 28.6 Å². The van der Waals surface area contributed by atoms with Crippen molar-refractivity contribution in [1.82, 2.24) is 0 Å².